The predicted octanol–water partition coefficient (Wildman–Crippen LogP) is 0.691. The van der Waals surface area contributed by atoms with Gasteiger partial charge in [0.05, 0.1) is 11.2 Å². The summed E-state index contributed by atoms with van der Waals surface area (Å²) in [5, 5.41) is 22.3. The van der Waals surface area contributed by atoms with Gasteiger partial charge in [-0.2, -0.15) is 0 Å². The van der Waals surface area contributed by atoms with Gasteiger partial charge in [0.2, 0.25) is 5.60 Å². The average Bonchev–Trinajstić information content (AvgIpc) is 2.50. The zero-order chi connectivity index (χ0) is 19.3. The molecule has 1 aromatic rings. The van der Waals surface area contributed by atoms with Crippen molar-refractivity contribution in [2.45, 2.75) is 44.8 Å². The van der Waals surface area contributed by atoms with Gasteiger partial charge in [-0.1, -0.05) is 12.1 Å². The monoisotopic (exact) mass is 352 g/mol. The Labute approximate surface area is 145 Å². The fourth-order valence-corrected chi connectivity index (χ4v) is 2.31. The third-order valence-corrected chi connectivity index (χ3v) is 3.39. The van der Waals surface area contributed by atoms with E-state index in [0.717, 1.165) is 5.56 Å². The van der Waals surface area contributed by atoms with Gasteiger partial charge in [0, 0.05) is 0 Å². The lowest BCUT2D eigenvalue weighted by Crippen LogP contribution is -2.57. The molecule has 0 saturated heterocycles. The van der Waals surface area contributed by atoms with Crippen molar-refractivity contribution in [1.29, 1.82) is 0 Å². The molecule has 1 aromatic carbocycles. The van der Waals surface area contributed by atoms with Crippen molar-refractivity contribution in [3.63, 3.8) is 0 Å². The van der Waals surface area contributed by atoms with E-state index >= 15 is 0 Å². The van der Waals surface area contributed by atoms with E-state index in [-0.39, 0.29) is 24.2 Å². The fraction of sp³-hybridized carbons (Fsp3) is 0.438. The summed E-state index contributed by atoms with van der Waals surface area (Å²) < 4.78 is 5.74. The normalized spacial score (nSPS) is 14.6. The number of hydrogen-bond acceptors (Lipinski definition) is 6. The maximum absolute atomic E-state index is 11.9. The van der Waals surface area contributed by atoms with Crippen LogP contribution in [-0.4, -0.2) is 39.2 Å². The lowest BCUT2D eigenvalue weighted by molar-refractivity contribution is -0.171. The quantitative estimate of drug-likeness (QED) is 0.198. The molecule has 0 amide bonds. The molecule has 0 radical (unpaired) electrons. The Kier molecular flexibility index (Phi) is 6.49. The molecule has 25 heavy (non-hydrogen) atoms. The summed E-state index contributed by atoms with van der Waals surface area (Å²) in [6, 6.07) is 6.12. The van der Waals surface area contributed by atoms with Crippen molar-refractivity contribution in [1.82, 2.24) is 5.53 Å². The molecule has 0 saturated carbocycles. The van der Waals surface area contributed by atoms with Crippen molar-refractivity contribution in [2.24, 2.45) is 16.7 Å². The number of nitrogens with zero attached hydrogens (tertiary/aromatic N) is 1. The minimum Gasteiger partial charge on any atom is -0.479 e. The highest BCUT2D eigenvalue weighted by Crippen LogP contribution is 2.27. The summed E-state index contributed by atoms with van der Waals surface area (Å²) >= 11 is 0. The van der Waals surface area contributed by atoms with Crippen LogP contribution in [0.25, 0.3) is 0 Å². The molecule has 7 N–H and O–H groups in total. The van der Waals surface area contributed by atoms with E-state index in [1.165, 1.54) is 12.1 Å². The molecular formula is C16H24N4O5. The van der Waals surface area contributed by atoms with Crippen molar-refractivity contribution in [3.8, 4) is 0 Å². The summed E-state index contributed by atoms with van der Waals surface area (Å²) in [6.45, 7) is 5.11. The van der Waals surface area contributed by atoms with Crippen LogP contribution in [0.1, 0.15) is 43.1 Å². The molecule has 0 aliphatic rings. The van der Waals surface area contributed by atoms with Crippen molar-refractivity contribution >= 4 is 17.8 Å². The van der Waals surface area contributed by atoms with E-state index in [9.17, 15) is 14.7 Å². The number of carboxylic acids is 2. The van der Waals surface area contributed by atoms with Crippen LogP contribution in [-0.2, 0) is 16.0 Å². The number of hydrogen-bond donors (Lipinski definition) is 5. The Morgan fingerprint density at radius 3 is 2.16 bits per heavy atom. The van der Waals surface area contributed by atoms with Gasteiger partial charge in [0.25, 0.3) is 0 Å². The summed E-state index contributed by atoms with van der Waals surface area (Å²) in [5.74, 6) is 2.49. The number of aliphatic carboxylic acids is 1. The molecule has 0 heterocycles. The number of nitrogens with one attached hydrogen (secondary N) is 1. The van der Waals surface area contributed by atoms with Gasteiger partial charge in [-0.3, -0.25) is 0 Å². The van der Waals surface area contributed by atoms with Crippen molar-refractivity contribution in [2.75, 3.05) is 0 Å². The first-order chi connectivity index (χ1) is 11.5. The van der Waals surface area contributed by atoms with E-state index < -0.39 is 23.1 Å². The third-order valence-electron chi connectivity index (χ3n) is 3.39. The first-order valence-electron chi connectivity index (χ1n) is 7.57. The lowest BCUT2D eigenvalue weighted by atomic mass is 9.92. The van der Waals surface area contributed by atoms with Gasteiger partial charge in [0.15, 0.2) is 5.84 Å². The minimum atomic E-state index is -1.88. The predicted molar refractivity (Wildman–Crippen MR) is 91.9 cm³/mol. The van der Waals surface area contributed by atoms with Crippen LogP contribution in [0.4, 0.5) is 0 Å². The molecule has 0 aromatic heterocycles. The maximum Gasteiger partial charge on any atom is 0.344 e. The molecule has 0 aliphatic carbocycles. The molecule has 1 unspecified atom stereocenters. The Morgan fingerprint density at radius 2 is 1.76 bits per heavy atom. The Hall–Kier alpha value is -2.65. The highest BCUT2D eigenvalue weighted by molar-refractivity contribution is 6.07. The van der Waals surface area contributed by atoms with E-state index in [0.29, 0.717) is 0 Å². The molecule has 138 valence electrons. The Bertz CT molecular complexity index is 651. The van der Waals surface area contributed by atoms with Gasteiger partial charge >= 0.3 is 11.9 Å². The van der Waals surface area contributed by atoms with Crippen LogP contribution < -0.4 is 17.1 Å². The summed E-state index contributed by atoms with van der Waals surface area (Å²) in [7, 11) is 0. The summed E-state index contributed by atoms with van der Waals surface area (Å²) in [5.41, 5.74) is 6.01. The molecule has 1 atom stereocenters. The first-order valence-corrected chi connectivity index (χ1v) is 7.57. The number of carbonyl (C=O) groups is 2. The summed E-state index contributed by atoms with van der Waals surface area (Å²) in [4.78, 5) is 22.8. The van der Waals surface area contributed by atoms with E-state index in [4.69, 9.17) is 21.4 Å². The number of benzene rings is 1. The number of aryl methyl sites for hydroxylation is 1. The van der Waals surface area contributed by atoms with Gasteiger partial charge in [-0.05, 0) is 51.3 Å². The second kappa shape index (κ2) is 7.95. The highest BCUT2D eigenvalue weighted by Gasteiger charge is 2.47. The number of amidine groups is 1. The summed E-state index contributed by atoms with van der Waals surface area (Å²) in [6.07, 6.45) is 0.270. The molecule has 9 heteroatoms. The van der Waals surface area contributed by atoms with Crippen molar-refractivity contribution in [3.05, 3.63) is 35.4 Å². The van der Waals surface area contributed by atoms with Gasteiger partial charge in [-0.15, -0.1) is 5.10 Å². The lowest BCUT2D eigenvalue weighted by Gasteiger charge is -2.35. The van der Waals surface area contributed by atoms with Crippen LogP contribution >= 0.6 is 0 Å². The van der Waals surface area contributed by atoms with Crippen LogP contribution in [0.15, 0.2) is 29.4 Å². The minimum absolute atomic E-state index is 0.0109. The van der Waals surface area contributed by atoms with Gasteiger partial charge in [0.1, 0.15) is 0 Å². The van der Waals surface area contributed by atoms with Crippen molar-refractivity contribution < 1.29 is 24.5 Å². The standard InChI is InChI=1S/C16H24N4O5/c1-15(2,3)25-16(14(23)24,13(17)19-20-18)9-8-10-4-6-11(7-5-10)12(21)22/h4-7,20H,8-9,18H2,1-3H3,(H2,17,19)(H,21,22)(H,23,24). The number of hydrazine groups is 1. The van der Waals surface area contributed by atoms with E-state index in [1.807, 2.05) is 5.53 Å². The first kappa shape index (κ1) is 20.4. The Balaban J connectivity index is 3.13. The molecule has 0 bridgehead atoms. The van der Waals surface area contributed by atoms with Crippen LogP contribution in [0.5, 0.6) is 0 Å². The SMILES string of the molecule is CC(C)(C)OC(CCc1ccc(C(=O)O)cc1)(C(=O)O)/C(N)=N/NN. The Morgan fingerprint density at radius 1 is 1.20 bits per heavy atom. The van der Waals surface area contributed by atoms with Gasteiger partial charge in [-0.25, -0.2) is 21.0 Å². The average molecular weight is 352 g/mol. The molecular weight excluding hydrogens is 328 g/mol. The molecule has 1 rings (SSSR count). The molecule has 0 spiro atoms. The topological polar surface area (TPSA) is 160 Å². The van der Waals surface area contributed by atoms with Crippen LogP contribution in [0.3, 0.4) is 0 Å². The smallest absolute Gasteiger partial charge is 0.344 e. The molecule has 0 fully saturated rings. The maximum atomic E-state index is 11.9. The van der Waals surface area contributed by atoms with Crippen LogP contribution in [0.2, 0.25) is 0 Å². The largest absolute Gasteiger partial charge is 0.479 e. The number of carboxylic acid groups (broad SMARTS) is 2. The van der Waals surface area contributed by atoms with Gasteiger partial charge < -0.3 is 20.7 Å². The molecule has 9 nitrogen and oxygen atoms in total. The third kappa shape index (κ3) is 5.44. The second-order valence-electron chi connectivity index (χ2n) is 6.47. The zero-order valence-corrected chi connectivity index (χ0v) is 14.4. The number of aromatic carboxylic acids is 1. The van der Waals surface area contributed by atoms with E-state index in [2.05, 4.69) is 5.10 Å². The number of rotatable bonds is 8. The number of ether oxygens (including phenoxy) is 1. The van der Waals surface area contributed by atoms with E-state index in [1.54, 1.807) is 32.9 Å². The second-order valence-corrected chi connectivity index (χ2v) is 6.47. The zero-order valence-electron chi connectivity index (χ0n) is 14.4. The number of hydrazone groups is 1. The fourth-order valence-electron chi connectivity index (χ4n) is 2.31. The number of nitrogens with two attached hydrogens (primary N) is 2. The van der Waals surface area contributed by atoms with Crippen LogP contribution in [0, 0.1) is 0 Å². The molecule has 0 aliphatic heterocycles. The highest BCUT2D eigenvalue weighted by atomic mass is 16.5.